The molecule has 3 aromatic carbocycles. The van der Waals surface area contributed by atoms with Crippen molar-refractivity contribution in [1.82, 2.24) is 14.7 Å². The SMILES string of the molecule is Cc1ccc(NC(=O)CN(C)C(=O)c2nn(-c3ccccc3)c(=O)c3ccccc23)cc1. The molecule has 0 fully saturated rings. The van der Waals surface area contributed by atoms with Crippen LogP contribution in [0.1, 0.15) is 16.1 Å². The van der Waals surface area contributed by atoms with Gasteiger partial charge in [0.05, 0.1) is 17.6 Å². The van der Waals surface area contributed by atoms with Gasteiger partial charge in [0.2, 0.25) is 5.91 Å². The number of carbonyl (C=O) groups is 2. The van der Waals surface area contributed by atoms with Gasteiger partial charge in [-0.1, -0.05) is 54.1 Å². The molecule has 7 nitrogen and oxygen atoms in total. The molecule has 4 rings (SSSR count). The molecule has 4 aromatic rings. The van der Waals surface area contributed by atoms with E-state index in [1.807, 2.05) is 25.1 Å². The predicted molar refractivity (Wildman–Crippen MR) is 124 cm³/mol. The van der Waals surface area contributed by atoms with Gasteiger partial charge in [-0.15, -0.1) is 0 Å². The molecule has 1 heterocycles. The van der Waals surface area contributed by atoms with Crippen molar-refractivity contribution in [2.24, 2.45) is 0 Å². The van der Waals surface area contributed by atoms with Crippen LogP contribution in [0.25, 0.3) is 16.5 Å². The predicted octanol–water partition coefficient (Wildman–Crippen LogP) is 3.40. The summed E-state index contributed by atoms with van der Waals surface area (Å²) in [6, 6.07) is 23.2. The molecule has 0 saturated heterocycles. The molecule has 0 atom stereocenters. The minimum atomic E-state index is -0.454. The normalized spacial score (nSPS) is 10.7. The van der Waals surface area contributed by atoms with Gasteiger partial charge in [0, 0.05) is 18.1 Å². The fourth-order valence-corrected chi connectivity index (χ4v) is 3.40. The topological polar surface area (TPSA) is 84.3 Å². The fourth-order valence-electron chi connectivity index (χ4n) is 3.40. The Hall–Kier alpha value is -4.26. The number of aromatic nitrogens is 2. The van der Waals surface area contributed by atoms with Crippen molar-refractivity contribution in [3.63, 3.8) is 0 Å². The van der Waals surface area contributed by atoms with Gasteiger partial charge in [0.15, 0.2) is 5.69 Å². The van der Waals surface area contributed by atoms with Crippen molar-refractivity contribution < 1.29 is 9.59 Å². The number of nitrogens with one attached hydrogen (secondary N) is 1. The van der Waals surface area contributed by atoms with Gasteiger partial charge >= 0.3 is 0 Å². The van der Waals surface area contributed by atoms with E-state index in [0.29, 0.717) is 22.1 Å². The average molecular weight is 426 g/mol. The zero-order valence-corrected chi connectivity index (χ0v) is 17.8. The van der Waals surface area contributed by atoms with Crippen LogP contribution >= 0.6 is 0 Å². The number of amides is 2. The van der Waals surface area contributed by atoms with Crippen LogP contribution in [0.5, 0.6) is 0 Å². The van der Waals surface area contributed by atoms with Crippen LogP contribution in [-0.2, 0) is 4.79 Å². The van der Waals surface area contributed by atoms with Crippen LogP contribution in [-0.4, -0.2) is 40.1 Å². The lowest BCUT2D eigenvalue weighted by molar-refractivity contribution is -0.116. The van der Waals surface area contributed by atoms with Crippen molar-refractivity contribution >= 4 is 28.3 Å². The molecule has 0 spiro atoms. The molecule has 2 amide bonds. The number of hydrogen-bond donors (Lipinski definition) is 1. The Morgan fingerprint density at radius 3 is 2.22 bits per heavy atom. The second-order valence-corrected chi connectivity index (χ2v) is 7.52. The first-order valence-electron chi connectivity index (χ1n) is 10.1. The number of benzene rings is 3. The van der Waals surface area contributed by atoms with Gasteiger partial charge in [-0.2, -0.15) is 9.78 Å². The van der Waals surface area contributed by atoms with Crippen LogP contribution in [0.2, 0.25) is 0 Å². The van der Waals surface area contributed by atoms with Gasteiger partial charge in [0.1, 0.15) is 0 Å². The second kappa shape index (κ2) is 8.85. The van der Waals surface area contributed by atoms with Crippen molar-refractivity contribution in [1.29, 1.82) is 0 Å². The summed E-state index contributed by atoms with van der Waals surface area (Å²) in [6.45, 7) is 1.80. The van der Waals surface area contributed by atoms with Crippen molar-refractivity contribution in [2.75, 3.05) is 18.9 Å². The van der Waals surface area contributed by atoms with E-state index in [2.05, 4.69) is 10.4 Å². The summed E-state index contributed by atoms with van der Waals surface area (Å²) in [6.07, 6.45) is 0. The van der Waals surface area contributed by atoms with E-state index < -0.39 is 5.91 Å². The molecular formula is C25H22N4O3. The Bertz CT molecular complexity index is 1350. The number of anilines is 1. The summed E-state index contributed by atoms with van der Waals surface area (Å²) in [7, 11) is 1.53. The van der Waals surface area contributed by atoms with Gasteiger partial charge in [0.25, 0.3) is 11.5 Å². The minimum absolute atomic E-state index is 0.106. The minimum Gasteiger partial charge on any atom is -0.331 e. The fraction of sp³-hybridized carbons (Fsp3) is 0.120. The number of fused-ring (bicyclic) bond motifs is 1. The number of carbonyl (C=O) groups excluding carboxylic acids is 2. The van der Waals surface area contributed by atoms with E-state index in [1.54, 1.807) is 60.7 Å². The molecule has 1 aromatic heterocycles. The van der Waals surface area contributed by atoms with Crippen LogP contribution < -0.4 is 10.9 Å². The molecule has 0 radical (unpaired) electrons. The third-order valence-electron chi connectivity index (χ3n) is 5.07. The van der Waals surface area contributed by atoms with Gasteiger partial charge in [-0.05, 0) is 37.3 Å². The maximum atomic E-state index is 13.3. The van der Waals surface area contributed by atoms with E-state index in [-0.39, 0.29) is 23.7 Å². The molecule has 0 unspecified atom stereocenters. The van der Waals surface area contributed by atoms with Crippen molar-refractivity contribution in [3.8, 4) is 5.69 Å². The number of para-hydroxylation sites is 1. The van der Waals surface area contributed by atoms with E-state index in [1.165, 1.54) is 16.6 Å². The van der Waals surface area contributed by atoms with E-state index >= 15 is 0 Å². The number of rotatable bonds is 5. The maximum absolute atomic E-state index is 13.3. The molecule has 0 aliphatic heterocycles. The lowest BCUT2D eigenvalue weighted by Gasteiger charge is -2.18. The molecule has 1 N–H and O–H groups in total. The second-order valence-electron chi connectivity index (χ2n) is 7.52. The van der Waals surface area contributed by atoms with Gasteiger partial charge in [-0.25, -0.2) is 0 Å². The lowest BCUT2D eigenvalue weighted by Crippen LogP contribution is -2.36. The molecule has 160 valence electrons. The van der Waals surface area contributed by atoms with Crippen LogP contribution in [0.4, 0.5) is 5.69 Å². The number of aryl methyl sites for hydroxylation is 1. The summed E-state index contributed by atoms with van der Waals surface area (Å²) in [5.74, 6) is -0.782. The largest absolute Gasteiger partial charge is 0.331 e. The highest BCUT2D eigenvalue weighted by molar-refractivity contribution is 6.06. The van der Waals surface area contributed by atoms with Crippen LogP contribution in [0.3, 0.4) is 0 Å². The van der Waals surface area contributed by atoms with E-state index in [4.69, 9.17) is 0 Å². The smallest absolute Gasteiger partial charge is 0.279 e. The van der Waals surface area contributed by atoms with Crippen LogP contribution in [0, 0.1) is 6.92 Å². The quantitative estimate of drug-likeness (QED) is 0.530. The summed E-state index contributed by atoms with van der Waals surface area (Å²) in [5.41, 5.74) is 2.08. The first kappa shape index (κ1) is 21.0. The standard InChI is InChI=1S/C25H22N4O3/c1-17-12-14-18(15-13-17)26-22(30)16-28(2)25(32)23-20-10-6-7-11-21(20)24(31)29(27-23)19-8-4-3-5-9-19/h3-15H,16H2,1-2H3,(H,26,30). The average Bonchev–Trinajstić information content (AvgIpc) is 2.81. The van der Waals surface area contributed by atoms with Crippen LogP contribution in [0.15, 0.2) is 83.7 Å². The summed E-state index contributed by atoms with van der Waals surface area (Å²) >= 11 is 0. The Morgan fingerprint density at radius 2 is 1.53 bits per heavy atom. The highest BCUT2D eigenvalue weighted by atomic mass is 16.2. The van der Waals surface area contributed by atoms with Gasteiger partial charge < -0.3 is 10.2 Å². The molecular weight excluding hydrogens is 404 g/mol. The molecule has 0 bridgehead atoms. The number of hydrogen-bond acceptors (Lipinski definition) is 4. The monoisotopic (exact) mass is 426 g/mol. The van der Waals surface area contributed by atoms with E-state index in [0.717, 1.165) is 5.56 Å². The zero-order valence-electron chi connectivity index (χ0n) is 17.8. The third-order valence-corrected chi connectivity index (χ3v) is 5.07. The van der Waals surface area contributed by atoms with E-state index in [9.17, 15) is 14.4 Å². The van der Waals surface area contributed by atoms with Crippen molar-refractivity contribution in [2.45, 2.75) is 6.92 Å². The van der Waals surface area contributed by atoms with Crippen molar-refractivity contribution in [3.05, 3.63) is 100 Å². The Balaban J connectivity index is 1.65. The first-order valence-corrected chi connectivity index (χ1v) is 10.1. The Morgan fingerprint density at radius 1 is 0.906 bits per heavy atom. The summed E-state index contributed by atoms with van der Waals surface area (Å²) in [4.78, 5) is 40.0. The summed E-state index contributed by atoms with van der Waals surface area (Å²) < 4.78 is 1.22. The first-order chi connectivity index (χ1) is 15.4. The molecule has 0 aliphatic rings. The summed E-state index contributed by atoms with van der Waals surface area (Å²) in [5, 5.41) is 7.98. The van der Waals surface area contributed by atoms with Gasteiger partial charge in [-0.3, -0.25) is 14.4 Å². The number of likely N-dealkylation sites (N-methyl/N-ethyl adjacent to an activating group) is 1. The Kier molecular flexibility index (Phi) is 5.81. The Labute approximate surface area is 184 Å². The number of nitrogens with zero attached hydrogens (tertiary/aromatic N) is 3. The maximum Gasteiger partial charge on any atom is 0.279 e. The molecule has 32 heavy (non-hydrogen) atoms. The molecule has 0 saturated carbocycles. The third kappa shape index (κ3) is 4.27. The lowest BCUT2D eigenvalue weighted by atomic mass is 10.1. The highest BCUT2D eigenvalue weighted by Gasteiger charge is 2.22. The zero-order chi connectivity index (χ0) is 22.7. The molecule has 7 heteroatoms. The molecule has 0 aliphatic carbocycles. The highest BCUT2D eigenvalue weighted by Crippen LogP contribution is 2.17.